The first-order valence-corrected chi connectivity index (χ1v) is 9.11. The van der Waals surface area contributed by atoms with Crippen LogP contribution in [0.25, 0.3) is 21.3 Å². The fraction of sp³-hybridized carbons (Fsp3) is 0.150. The van der Waals surface area contributed by atoms with E-state index in [9.17, 15) is 14.0 Å². The Balaban J connectivity index is 1.77. The molecule has 1 N–H and O–H groups in total. The first-order valence-electron chi connectivity index (χ1n) is 8.29. The van der Waals surface area contributed by atoms with Crippen LogP contribution in [0, 0.1) is 19.7 Å². The zero-order chi connectivity index (χ0) is 19.1. The molecule has 5 nitrogen and oxygen atoms in total. The Labute approximate surface area is 157 Å². The molecule has 1 aromatic carbocycles. The van der Waals surface area contributed by atoms with Gasteiger partial charge in [-0.15, -0.1) is 11.3 Å². The van der Waals surface area contributed by atoms with Crippen LogP contribution in [0.15, 0.2) is 45.8 Å². The number of furan rings is 1. The Morgan fingerprint density at radius 3 is 2.63 bits per heavy atom. The summed E-state index contributed by atoms with van der Waals surface area (Å²) in [5, 5.41) is 0.458. The molecule has 3 heterocycles. The van der Waals surface area contributed by atoms with E-state index in [-0.39, 0.29) is 23.6 Å². The molecule has 136 valence electrons. The maximum atomic E-state index is 13.2. The van der Waals surface area contributed by atoms with Crippen molar-refractivity contribution < 1.29 is 13.6 Å². The van der Waals surface area contributed by atoms with Gasteiger partial charge < -0.3 is 9.40 Å². The van der Waals surface area contributed by atoms with E-state index in [2.05, 4.69) is 9.97 Å². The number of ketones is 1. The van der Waals surface area contributed by atoms with Crippen LogP contribution in [0.4, 0.5) is 4.39 Å². The predicted octanol–water partition coefficient (Wildman–Crippen LogP) is 4.43. The molecule has 0 saturated carbocycles. The number of H-pyrrole nitrogens is 1. The summed E-state index contributed by atoms with van der Waals surface area (Å²) in [5.74, 6) is 0.341. The summed E-state index contributed by atoms with van der Waals surface area (Å²) in [6, 6.07) is 7.61. The zero-order valence-electron chi connectivity index (χ0n) is 14.6. The van der Waals surface area contributed by atoms with E-state index < -0.39 is 0 Å². The molecule has 7 heteroatoms. The Hall–Kier alpha value is -3.06. The third-order valence-electron chi connectivity index (χ3n) is 4.41. The molecular weight excluding hydrogens is 367 g/mol. The average Bonchev–Trinajstić information content (AvgIpc) is 3.18. The molecule has 0 spiro atoms. The second kappa shape index (κ2) is 6.59. The van der Waals surface area contributed by atoms with Crippen molar-refractivity contribution >= 4 is 27.3 Å². The number of thiophene rings is 1. The maximum absolute atomic E-state index is 13.2. The number of halogens is 1. The highest BCUT2D eigenvalue weighted by Crippen LogP contribution is 2.35. The molecule has 3 aromatic heterocycles. The molecule has 4 rings (SSSR count). The van der Waals surface area contributed by atoms with Crippen LogP contribution < -0.4 is 5.56 Å². The number of hydrogen-bond acceptors (Lipinski definition) is 5. The van der Waals surface area contributed by atoms with Gasteiger partial charge in [-0.3, -0.25) is 9.59 Å². The van der Waals surface area contributed by atoms with Gasteiger partial charge in [-0.05, 0) is 37.6 Å². The Bertz CT molecular complexity index is 1220. The molecule has 0 fully saturated rings. The van der Waals surface area contributed by atoms with E-state index in [1.807, 2.05) is 6.92 Å². The lowest BCUT2D eigenvalue weighted by Gasteiger charge is -2.03. The van der Waals surface area contributed by atoms with Crippen molar-refractivity contribution in [3.8, 4) is 11.1 Å². The first-order chi connectivity index (χ1) is 12.9. The van der Waals surface area contributed by atoms with Crippen molar-refractivity contribution in [3.05, 3.63) is 74.8 Å². The molecule has 4 aromatic rings. The lowest BCUT2D eigenvalue weighted by molar-refractivity contribution is 0.0989. The molecule has 0 aliphatic carbocycles. The molecule has 0 aliphatic heterocycles. The molecule has 0 radical (unpaired) electrons. The molecule has 0 aliphatic rings. The molecular formula is C20H15FN2O3S. The van der Waals surface area contributed by atoms with E-state index in [0.717, 1.165) is 16.0 Å². The zero-order valence-corrected chi connectivity index (χ0v) is 15.4. The number of nitrogens with one attached hydrogen (secondary N) is 1. The van der Waals surface area contributed by atoms with Crippen molar-refractivity contribution in [1.82, 2.24) is 9.97 Å². The van der Waals surface area contributed by atoms with Gasteiger partial charge in [0.2, 0.25) is 0 Å². The number of Topliss-reactive ketones (excluding diaryl/α,β-unsaturated/α-hetero) is 1. The smallest absolute Gasteiger partial charge is 0.260 e. The fourth-order valence-corrected chi connectivity index (χ4v) is 4.20. The number of aromatic nitrogens is 2. The monoisotopic (exact) mass is 382 g/mol. The minimum absolute atomic E-state index is 0.0195. The van der Waals surface area contributed by atoms with Gasteiger partial charge >= 0.3 is 0 Å². The van der Waals surface area contributed by atoms with E-state index in [1.165, 1.54) is 29.7 Å². The maximum Gasteiger partial charge on any atom is 0.260 e. The van der Waals surface area contributed by atoms with Gasteiger partial charge in [0, 0.05) is 10.4 Å². The van der Waals surface area contributed by atoms with Crippen molar-refractivity contribution in [3.63, 3.8) is 0 Å². The number of benzene rings is 1. The van der Waals surface area contributed by atoms with Crippen LogP contribution in [0.2, 0.25) is 0 Å². The summed E-state index contributed by atoms with van der Waals surface area (Å²) in [5.41, 5.74) is 1.67. The van der Waals surface area contributed by atoms with Gasteiger partial charge in [0.1, 0.15) is 22.2 Å². The lowest BCUT2D eigenvalue weighted by Crippen LogP contribution is -2.15. The second-order valence-electron chi connectivity index (χ2n) is 6.22. The molecule has 0 saturated heterocycles. The number of aromatic amines is 1. The number of rotatable bonds is 4. The summed E-state index contributed by atoms with van der Waals surface area (Å²) >= 11 is 1.38. The summed E-state index contributed by atoms with van der Waals surface area (Å²) < 4.78 is 18.4. The minimum Gasteiger partial charge on any atom is -0.469 e. The second-order valence-corrected chi connectivity index (χ2v) is 7.43. The van der Waals surface area contributed by atoms with Crippen LogP contribution in [-0.4, -0.2) is 15.8 Å². The van der Waals surface area contributed by atoms with E-state index in [0.29, 0.717) is 27.4 Å². The first kappa shape index (κ1) is 17.4. The molecule has 0 atom stereocenters. The Morgan fingerprint density at radius 1 is 1.22 bits per heavy atom. The highest BCUT2D eigenvalue weighted by molar-refractivity contribution is 7.19. The highest BCUT2D eigenvalue weighted by atomic mass is 32.1. The summed E-state index contributed by atoms with van der Waals surface area (Å²) in [4.78, 5) is 33.8. The van der Waals surface area contributed by atoms with Crippen molar-refractivity contribution in [1.29, 1.82) is 0 Å². The fourth-order valence-electron chi connectivity index (χ4n) is 3.13. The van der Waals surface area contributed by atoms with Gasteiger partial charge in [-0.2, -0.15) is 0 Å². The largest absolute Gasteiger partial charge is 0.469 e. The summed E-state index contributed by atoms with van der Waals surface area (Å²) in [6.07, 6.45) is 1.44. The molecule has 0 bridgehead atoms. The predicted molar refractivity (Wildman–Crippen MR) is 102 cm³/mol. The SMILES string of the molecule is Cc1occc1C(=O)Cc1nc2sc(C)c(-c3ccc(F)cc3)c2c(=O)[nH]1. The third-order valence-corrected chi connectivity index (χ3v) is 5.41. The minimum atomic E-state index is -0.335. The topological polar surface area (TPSA) is 76.0 Å². The van der Waals surface area contributed by atoms with E-state index in [4.69, 9.17) is 4.42 Å². The van der Waals surface area contributed by atoms with Crippen molar-refractivity contribution in [2.75, 3.05) is 0 Å². The number of carbonyl (C=O) groups excluding carboxylic acids is 1. The summed E-state index contributed by atoms with van der Waals surface area (Å²) in [6.45, 7) is 3.61. The highest BCUT2D eigenvalue weighted by Gasteiger charge is 2.19. The summed E-state index contributed by atoms with van der Waals surface area (Å²) in [7, 11) is 0. The van der Waals surface area contributed by atoms with Gasteiger partial charge in [0.25, 0.3) is 5.56 Å². The van der Waals surface area contributed by atoms with Crippen LogP contribution in [0.3, 0.4) is 0 Å². The molecule has 27 heavy (non-hydrogen) atoms. The normalized spacial score (nSPS) is 11.2. The third kappa shape index (κ3) is 3.10. The number of nitrogens with zero attached hydrogens (tertiary/aromatic N) is 1. The van der Waals surface area contributed by atoms with Crippen LogP contribution in [0.5, 0.6) is 0 Å². The van der Waals surface area contributed by atoms with Gasteiger partial charge in [0.05, 0.1) is 23.6 Å². The van der Waals surface area contributed by atoms with E-state index >= 15 is 0 Å². The van der Waals surface area contributed by atoms with Crippen molar-refractivity contribution in [2.24, 2.45) is 0 Å². The lowest BCUT2D eigenvalue weighted by atomic mass is 10.0. The van der Waals surface area contributed by atoms with Crippen LogP contribution in [-0.2, 0) is 6.42 Å². The molecule has 0 unspecified atom stereocenters. The van der Waals surface area contributed by atoms with Gasteiger partial charge in [-0.1, -0.05) is 12.1 Å². The van der Waals surface area contributed by atoms with Gasteiger partial charge in [0.15, 0.2) is 5.78 Å². The van der Waals surface area contributed by atoms with Crippen molar-refractivity contribution in [2.45, 2.75) is 20.3 Å². The standard InChI is InChI=1S/C20H15FN2O3S/c1-10-14(7-8-26-10)15(24)9-16-22-19(25)18-17(11(2)27-20(18)23-16)12-3-5-13(21)6-4-12/h3-8H,9H2,1-2H3,(H,22,23,25). The average molecular weight is 382 g/mol. The quantitative estimate of drug-likeness (QED) is 0.530. The Morgan fingerprint density at radius 2 is 1.96 bits per heavy atom. The van der Waals surface area contributed by atoms with Crippen LogP contribution >= 0.6 is 11.3 Å². The number of fused-ring (bicyclic) bond motifs is 1. The number of hydrogen-bond donors (Lipinski definition) is 1. The van der Waals surface area contributed by atoms with Crippen LogP contribution in [0.1, 0.15) is 26.8 Å². The van der Waals surface area contributed by atoms with E-state index in [1.54, 1.807) is 25.1 Å². The molecule has 0 amide bonds. The number of aryl methyl sites for hydroxylation is 2. The Kier molecular flexibility index (Phi) is 4.24. The number of carbonyl (C=O) groups is 1. The van der Waals surface area contributed by atoms with Gasteiger partial charge in [-0.25, -0.2) is 9.37 Å².